The van der Waals surface area contributed by atoms with Crippen LogP contribution in [0.25, 0.3) is 0 Å². The minimum atomic E-state index is -3.75. The number of anilines is 1. The van der Waals surface area contributed by atoms with Crippen molar-refractivity contribution in [2.75, 3.05) is 4.72 Å². The molecule has 3 N–H and O–H groups in total. The van der Waals surface area contributed by atoms with Gasteiger partial charge in [-0.2, -0.15) is 13.1 Å². The number of pyridine rings is 1. The van der Waals surface area contributed by atoms with Gasteiger partial charge in [0.2, 0.25) is 0 Å². The molecule has 0 spiro atoms. The first-order chi connectivity index (χ1) is 7.98. The number of rotatable bonds is 5. The molecule has 2 rings (SSSR count). The molecule has 0 saturated heterocycles. The number of carboxylic acid groups (broad SMARTS) is 1. The summed E-state index contributed by atoms with van der Waals surface area (Å²) >= 11 is 0. The largest absolute Gasteiger partial charge is 0.478 e. The summed E-state index contributed by atoms with van der Waals surface area (Å²) in [6.45, 7) is 0. The molecule has 92 valence electrons. The summed E-state index contributed by atoms with van der Waals surface area (Å²) in [5.74, 6) is -1.42. The van der Waals surface area contributed by atoms with Crippen molar-refractivity contribution >= 4 is 22.0 Å². The van der Waals surface area contributed by atoms with Crippen LogP contribution in [0.3, 0.4) is 0 Å². The second kappa shape index (κ2) is 4.30. The van der Waals surface area contributed by atoms with Gasteiger partial charge in [-0.3, -0.25) is 4.72 Å². The third-order valence-corrected chi connectivity index (χ3v) is 3.27. The smallest absolute Gasteiger partial charge is 0.339 e. The number of aromatic carboxylic acids is 1. The lowest BCUT2D eigenvalue weighted by Gasteiger charge is -2.09. The van der Waals surface area contributed by atoms with E-state index in [-0.39, 0.29) is 17.4 Å². The summed E-state index contributed by atoms with van der Waals surface area (Å²) in [5.41, 5.74) is -0.186. The van der Waals surface area contributed by atoms with Gasteiger partial charge in [0.05, 0.1) is 0 Å². The molecular weight excluding hydrogens is 246 g/mol. The fraction of sp³-hybridized carbons (Fsp3) is 0.333. The number of nitrogens with one attached hydrogen (secondary N) is 2. The van der Waals surface area contributed by atoms with Crippen molar-refractivity contribution in [2.45, 2.75) is 18.9 Å². The van der Waals surface area contributed by atoms with E-state index in [1.165, 1.54) is 18.3 Å². The van der Waals surface area contributed by atoms with E-state index >= 15 is 0 Å². The highest BCUT2D eigenvalue weighted by molar-refractivity contribution is 7.90. The number of nitrogens with zero attached hydrogens (tertiary/aromatic N) is 1. The third-order valence-electron chi connectivity index (χ3n) is 2.17. The van der Waals surface area contributed by atoms with E-state index in [1.807, 2.05) is 0 Å². The van der Waals surface area contributed by atoms with Gasteiger partial charge in [0.1, 0.15) is 5.56 Å². The first-order valence-electron chi connectivity index (χ1n) is 4.96. The summed E-state index contributed by atoms with van der Waals surface area (Å²) < 4.78 is 27.6. The molecule has 1 saturated carbocycles. The van der Waals surface area contributed by atoms with Crippen LogP contribution in [0.15, 0.2) is 18.3 Å². The first-order valence-corrected chi connectivity index (χ1v) is 6.44. The van der Waals surface area contributed by atoms with E-state index in [0.29, 0.717) is 0 Å². The molecule has 17 heavy (non-hydrogen) atoms. The SMILES string of the molecule is O=C(O)c1cccnc1NS(=O)(=O)NC1CC1. The molecule has 1 heterocycles. The summed E-state index contributed by atoms with van der Waals surface area (Å²) in [6, 6.07) is 2.66. The Kier molecular flexibility index (Phi) is 2.99. The van der Waals surface area contributed by atoms with Gasteiger partial charge in [-0.1, -0.05) is 0 Å². The minimum absolute atomic E-state index is 0.0514. The van der Waals surface area contributed by atoms with E-state index in [2.05, 4.69) is 14.4 Å². The van der Waals surface area contributed by atoms with Crippen LogP contribution in [0.1, 0.15) is 23.2 Å². The highest BCUT2D eigenvalue weighted by Crippen LogP contribution is 2.20. The third kappa shape index (κ3) is 3.14. The molecule has 0 bridgehead atoms. The van der Waals surface area contributed by atoms with Gasteiger partial charge >= 0.3 is 16.2 Å². The highest BCUT2D eigenvalue weighted by Gasteiger charge is 2.27. The number of aromatic nitrogens is 1. The van der Waals surface area contributed by atoms with Crippen molar-refractivity contribution in [1.82, 2.24) is 9.71 Å². The topological polar surface area (TPSA) is 108 Å². The van der Waals surface area contributed by atoms with Gasteiger partial charge < -0.3 is 5.11 Å². The zero-order chi connectivity index (χ0) is 12.5. The van der Waals surface area contributed by atoms with E-state index in [1.54, 1.807) is 0 Å². The van der Waals surface area contributed by atoms with Crippen LogP contribution in [-0.4, -0.2) is 30.5 Å². The summed E-state index contributed by atoms with van der Waals surface area (Å²) in [6.07, 6.45) is 2.92. The second-order valence-electron chi connectivity index (χ2n) is 3.70. The molecule has 1 aliphatic rings. The Morgan fingerprint density at radius 3 is 2.76 bits per heavy atom. The van der Waals surface area contributed by atoms with Gasteiger partial charge in [0, 0.05) is 12.2 Å². The molecule has 0 aliphatic heterocycles. The Bertz CT molecular complexity index is 539. The molecule has 1 aromatic heterocycles. The van der Waals surface area contributed by atoms with Crippen molar-refractivity contribution in [2.24, 2.45) is 0 Å². The average Bonchev–Trinajstić information content (AvgIpc) is 3.00. The predicted molar refractivity (Wildman–Crippen MR) is 59.9 cm³/mol. The van der Waals surface area contributed by atoms with Crippen molar-refractivity contribution in [1.29, 1.82) is 0 Å². The van der Waals surface area contributed by atoms with Crippen LogP contribution in [-0.2, 0) is 10.2 Å². The molecule has 0 unspecified atom stereocenters. The Balaban J connectivity index is 2.20. The second-order valence-corrected chi connectivity index (χ2v) is 5.15. The monoisotopic (exact) mass is 257 g/mol. The zero-order valence-electron chi connectivity index (χ0n) is 8.75. The van der Waals surface area contributed by atoms with Gasteiger partial charge in [-0.05, 0) is 25.0 Å². The molecule has 0 radical (unpaired) electrons. The zero-order valence-corrected chi connectivity index (χ0v) is 9.57. The first kappa shape index (κ1) is 11.8. The summed E-state index contributed by atoms with van der Waals surface area (Å²) in [7, 11) is -3.75. The quantitative estimate of drug-likeness (QED) is 0.697. The predicted octanol–water partition coefficient (Wildman–Crippen LogP) is 0.188. The van der Waals surface area contributed by atoms with E-state index in [9.17, 15) is 13.2 Å². The van der Waals surface area contributed by atoms with Crippen molar-refractivity contribution < 1.29 is 18.3 Å². The fourth-order valence-electron chi connectivity index (χ4n) is 1.24. The Hall–Kier alpha value is -1.67. The molecule has 7 nitrogen and oxygen atoms in total. The van der Waals surface area contributed by atoms with Crippen LogP contribution in [0.2, 0.25) is 0 Å². The molecular formula is C9H11N3O4S. The van der Waals surface area contributed by atoms with Crippen molar-refractivity contribution in [3.63, 3.8) is 0 Å². The van der Waals surface area contributed by atoms with Crippen LogP contribution in [0.4, 0.5) is 5.82 Å². The maximum absolute atomic E-state index is 11.6. The fourth-order valence-corrected chi connectivity index (χ4v) is 2.39. The van der Waals surface area contributed by atoms with E-state index in [4.69, 9.17) is 5.11 Å². The van der Waals surface area contributed by atoms with Gasteiger partial charge in [0.15, 0.2) is 5.82 Å². The van der Waals surface area contributed by atoms with Gasteiger partial charge in [0.25, 0.3) is 0 Å². The molecule has 0 atom stereocenters. The number of hydrogen-bond acceptors (Lipinski definition) is 4. The van der Waals surface area contributed by atoms with Crippen molar-refractivity contribution in [3.05, 3.63) is 23.9 Å². The number of hydrogen-bond donors (Lipinski definition) is 3. The lowest BCUT2D eigenvalue weighted by Crippen LogP contribution is -2.32. The molecule has 0 aromatic carbocycles. The average molecular weight is 257 g/mol. The van der Waals surface area contributed by atoms with E-state index < -0.39 is 16.2 Å². The lowest BCUT2D eigenvalue weighted by atomic mass is 10.3. The maximum atomic E-state index is 11.6. The molecule has 1 aromatic rings. The highest BCUT2D eigenvalue weighted by atomic mass is 32.2. The van der Waals surface area contributed by atoms with Crippen molar-refractivity contribution in [3.8, 4) is 0 Å². The van der Waals surface area contributed by atoms with E-state index in [0.717, 1.165) is 12.8 Å². The van der Waals surface area contributed by atoms with Gasteiger partial charge in [-0.15, -0.1) is 0 Å². The number of carboxylic acids is 1. The molecule has 8 heteroatoms. The number of carbonyl (C=O) groups is 1. The van der Waals surface area contributed by atoms with Crippen LogP contribution >= 0.6 is 0 Å². The minimum Gasteiger partial charge on any atom is -0.478 e. The molecule has 1 aliphatic carbocycles. The maximum Gasteiger partial charge on any atom is 0.339 e. The Morgan fingerprint density at radius 2 is 2.18 bits per heavy atom. The van der Waals surface area contributed by atoms with Crippen LogP contribution in [0, 0.1) is 0 Å². The van der Waals surface area contributed by atoms with Crippen LogP contribution in [0.5, 0.6) is 0 Å². The van der Waals surface area contributed by atoms with Crippen LogP contribution < -0.4 is 9.44 Å². The molecule has 0 amide bonds. The Morgan fingerprint density at radius 1 is 1.47 bits per heavy atom. The molecule has 1 fully saturated rings. The van der Waals surface area contributed by atoms with Gasteiger partial charge in [-0.25, -0.2) is 9.78 Å². The Labute approximate surface area is 98.1 Å². The lowest BCUT2D eigenvalue weighted by molar-refractivity contribution is 0.0697. The standard InChI is InChI=1S/C9H11N3O4S/c13-9(14)7-2-1-5-10-8(7)12-17(15,16)11-6-3-4-6/h1-2,5-6,11H,3-4H2,(H,10,12)(H,13,14). The summed E-state index contributed by atoms with van der Waals surface area (Å²) in [4.78, 5) is 14.5. The normalized spacial score (nSPS) is 15.5. The summed E-state index contributed by atoms with van der Waals surface area (Å²) in [5, 5.41) is 8.86.